The fourth-order valence-electron chi connectivity index (χ4n) is 1.95. The van der Waals surface area contributed by atoms with Gasteiger partial charge in [0.25, 0.3) is 0 Å². The van der Waals surface area contributed by atoms with Crippen LogP contribution in [0.2, 0.25) is 0 Å². The Bertz CT molecular complexity index is 519. The zero-order chi connectivity index (χ0) is 12.4. The monoisotopic (exact) mass is 260 g/mol. The third-order valence-electron chi connectivity index (χ3n) is 2.96. The molecular formula is C13H16N4S. The number of hydrogen-bond donors (Lipinski definition) is 1. The molecule has 0 amide bonds. The molecule has 0 aliphatic heterocycles. The van der Waals surface area contributed by atoms with Gasteiger partial charge in [0.1, 0.15) is 5.82 Å². The lowest BCUT2D eigenvalue weighted by Crippen LogP contribution is -2.05. The van der Waals surface area contributed by atoms with Gasteiger partial charge < -0.3 is 5.73 Å². The molecule has 1 saturated carbocycles. The number of benzene rings is 1. The third kappa shape index (κ3) is 2.28. The quantitative estimate of drug-likeness (QED) is 0.837. The number of para-hydroxylation sites is 1. The molecule has 94 valence electrons. The molecule has 0 bridgehead atoms. The highest BCUT2D eigenvalue weighted by Crippen LogP contribution is 2.41. The average Bonchev–Trinajstić information content (AvgIpc) is 3.18. The van der Waals surface area contributed by atoms with Crippen molar-refractivity contribution in [1.82, 2.24) is 14.8 Å². The van der Waals surface area contributed by atoms with Gasteiger partial charge in [0, 0.05) is 23.9 Å². The molecule has 2 N–H and O–H groups in total. The van der Waals surface area contributed by atoms with Gasteiger partial charge in [-0.25, -0.2) is 0 Å². The van der Waals surface area contributed by atoms with Crippen molar-refractivity contribution in [1.29, 1.82) is 0 Å². The lowest BCUT2D eigenvalue weighted by atomic mass is 10.3. The second-order valence-corrected chi connectivity index (χ2v) is 5.49. The Hall–Kier alpha value is -1.33. The van der Waals surface area contributed by atoms with Crippen molar-refractivity contribution in [3.63, 3.8) is 0 Å². The molecule has 18 heavy (non-hydrogen) atoms. The van der Waals surface area contributed by atoms with E-state index >= 15 is 0 Å². The molecule has 5 heteroatoms. The van der Waals surface area contributed by atoms with Gasteiger partial charge in [-0.05, 0) is 25.0 Å². The molecule has 3 rings (SSSR count). The highest BCUT2D eigenvalue weighted by molar-refractivity contribution is 7.99. The van der Waals surface area contributed by atoms with Crippen LogP contribution in [0.15, 0.2) is 35.5 Å². The summed E-state index contributed by atoms with van der Waals surface area (Å²) in [5.74, 6) is 2.56. The van der Waals surface area contributed by atoms with E-state index in [1.807, 2.05) is 18.2 Å². The van der Waals surface area contributed by atoms with Crippen molar-refractivity contribution in [3.8, 4) is 5.69 Å². The maximum absolute atomic E-state index is 5.57. The van der Waals surface area contributed by atoms with E-state index in [4.69, 9.17) is 5.73 Å². The van der Waals surface area contributed by atoms with Gasteiger partial charge in [0.2, 0.25) is 0 Å². The SMILES string of the molecule is NCCSc1nnc(C2CC2)n1-c1ccccc1. The van der Waals surface area contributed by atoms with E-state index in [9.17, 15) is 0 Å². The van der Waals surface area contributed by atoms with Crippen molar-refractivity contribution in [2.75, 3.05) is 12.3 Å². The maximum atomic E-state index is 5.57. The van der Waals surface area contributed by atoms with E-state index < -0.39 is 0 Å². The second kappa shape index (κ2) is 5.12. The summed E-state index contributed by atoms with van der Waals surface area (Å²) in [5.41, 5.74) is 6.71. The van der Waals surface area contributed by atoms with Crippen LogP contribution >= 0.6 is 11.8 Å². The molecule has 1 aliphatic carbocycles. The number of thioether (sulfide) groups is 1. The highest BCUT2D eigenvalue weighted by Gasteiger charge is 2.30. The Morgan fingerprint density at radius 1 is 1.22 bits per heavy atom. The molecule has 0 radical (unpaired) electrons. The van der Waals surface area contributed by atoms with Gasteiger partial charge >= 0.3 is 0 Å². The molecule has 4 nitrogen and oxygen atoms in total. The van der Waals surface area contributed by atoms with Crippen LogP contribution in [0.4, 0.5) is 0 Å². The molecule has 1 aromatic heterocycles. The lowest BCUT2D eigenvalue weighted by molar-refractivity contribution is 0.829. The van der Waals surface area contributed by atoms with Gasteiger partial charge in [0.05, 0.1) is 0 Å². The lowest BCUT2D eigenvalue weighted by Gasteiger charge is -2.09. The van der Waals surface area contributed by atoms with E-state index in [1.165, 1.54) is 12.8 Å². The molecule has 2 aromatic rings. The van der Waals surface area contributed by atoms with Gasteiger partial charge in [-0.3, -0.25) is 4.57 Å². The Kier molecular flexibility index (Phi) is 3.34. The van der Waals surface area contributed by atoms with E-state index in [0.29, 0.717) is 12.5 Å². The summed E-state index contributed by atoms with van der Waals surface area (Å²) >= 11 is 1.67. The van der Waals surface area contributed by atoms with E-state index in [1.54, 1.807) is 11.8 Å². The Balaban J connectivity index is 2.00. The summed E-state index contributed by atoms with van der Waals surface area (Å²) in [4.78, 5) is 0. The first-order valence-corrected chi connectivity index (χ1v) is 7.22. The first kappa shape index (κ1) is 11.7. The Morgan fingerprint density at radius 3 is 2.67 bits per heavy atom. The predicted molar refractivity (Wildman–Crippen MR) is 73.1 cm³/mol. The van der Waals surface area contributed by atoms with Crippen LogP contribution < -0.4 is 5.73 Å². The van der Waals surface area contributed by atoms with Crippen LogP contribution in [-0.4, -0.2) is 27.1 Å². The fraction of sp³-hybridized carbons (Fsp3) is 0.385. The molecule has 0 spiro atoms. The third-order valence-corrected chi connectivity index (χ3v) is 3.93. The first-order chi connectivity index (χ1) is 8.90. The minimum absolute atomic E-state index is 0.588. The highest BCUT2D eigenvalue weighted by atomic mass is 32.2. The smallest absolute Gasteiger partial charge is 0.195 e. The molecule has 1 aliphatic rings. The fourth-order valence-corrected chi connectivity index (χ4v) is 2.68. The summed E-state index contributed by atoms with van der Waals surface area (Å²) in [6.07, 6.45) is 2.46. The zero-order valence-electron chi connectivity index (χ0n) is 10.1. The normalized spacial score (nSPS) is 14.9. The summed E-state index contributed by atoms with van der Waals surface area (Å²) in [6, 6.07) is 10.3. The average molecular weight is 260 g/mol. The van der Waals surface area contributed by atoms with Crippen molar-refractivity contribution < 1.29 is 0 Å². The van der Waals surface area contributed by atoms with Crippen LogP contribution in [0.1, 0.15) is 24.6 Å². The van der Waals surface area contributed by atoms with Crippen molar-refractivity contribution in [2.45, 2.75) is 23.9 Å². The summed E-state index contributed by atoms with van der Waals surface area (Å²) in [5, 5.41) is 9.62. The summed E-state index contributed by atoms with van der Waals surface area (Å²) in [7, 11) is 0. The number of hydrogen-bond acceptors (Lipinski definition) is 4. The van der Waals surface area contributed by atoms with Gasteiger partial charge in [-0.1, -0.05) is 30.0 Å². The molecular weight excluding hydrogens is 244 g/mol. The van der Waals surface area contributed by atoms with Crippen molar-refractivity contribution >= 4 is 11.8 Å². The second-order valence-electron chi connectivity index (χ2n) is 4.42. The van der Waals surface area contributed by atoms with Crippen LogP contribution in [-0.2, 0) is 0 Å². The Morgan fingerprint density at radius 2 is 2.00 bits per heavy atom. The minimum Gasteiger partial charge on any atom is -0.330 e. The summed E-state index contributed by atoms with van der Waals surface area (Å²) < 4.78 is 2.18. The maximum Gasteiger partial charge on any atom is 0.195 e. The molecule has 0 atom stereocenters. The number of nitrogens with two attached hydrogens (primary N) is 1. The predicted octanol–water partition coefficient (Wildman–Crippen LogP) is 2.20. The largest absolute Gasteiger partial charge is 0.330 e. The first-order valence-electron chi connectivity index (χ1n) is 6.23. The molecule has 0 unspecified atom stereocenters. The van der Waals surface area contributed by atoms with Crippen molar-refractivity contribution in [2.24, 2.45) is 5.73 Å². The van der Waals surface area contributed by atoms with E-state index in [-0.39, 0.29) is 0 Å². The molecule has 1 heterocycles. The number of rotatable bonds is 5. The number of nitrogens with zero attached hydrogens (tertiary/aromatic N) is 3. The van der Waals surface area contributed by atoms with Crippen LogP contribution in [0.3, 0.4) is 0 Å². The summed E-state index contributed by atoms with van der Waals surface area (Å²) in [6.45, 7) is 0.658. The van der Waals surface area contributed by atoms with Gasteiger partial charge in [-0.2, -0.15) is 0 Å². The minimum atomic E-state index is 0.588. The van der Waals surface area contributed by atoms with Gasteiger partial charge in [-0.15, -0.1) is 10.2 Å². The molecule has 0 saturated heterocycles. The van der Waals surface area contributed by atoms with Crippen molar-refractivity contribution in [3.05, 3.63) is 36.2 Å². The van der Waals surface area contributed by atoms with Crippen LogP contribution in [0.25, 0.3) is 5.69 Å². The number of aromatic nitrogens is 3. The molecule has 1 fully saturated rings. The molecule has 1 aromatic carbocycles. The van der Waals surface area contributed by atoms with Crippen LogP contribution in [0.5, 0.6) is 0 Å². The zero-order valence-corrected chi connectivity index (χ0v) is 10.9. The topological polar surface area (TPSA) is 56.7 Å². The Labute approximate surface area is 111 Å². The standard InChI is InChI=1S/C13H16N4S/c14-8-9-18-13-16-15-12(10-6-7-10)17(13)11-4-2-1-3-5-11/h1-5,10H,6-9,14H2. The van der Waals surface area contributed by atoms with E-state index in [2.05, 4.69) is 26.9 Å². The van der Waals surface area contributed by atoms with Gasteiger partial charge in [0.15, 0.2) is 5.16 Å². The van der Waals surface area contributed by atoms with E-state index in [0.717, 1.165) is 22.4 Å². The van der Waals surface area contributed by atoms with Crippen LogP contribution in [0, 0.1) is 0 Å².